The van der Waals surface area contributed by atoms with Crippen molar-refractivity contribution < 1.29 is 4.39 Å². The first-order valence-electron chi connectivity index (χ1n) is 7.81. The van der Waals surface area contributed by atoms with E-state index >= 15 is 0 Å². The first-order valence-corrected chi connectivity index (χ1v) is 7.81. The van der Waals surface area contributed by atoms with Crippen LogP contribution in [-0.2, 0) is 6.54 Å². The smallest absolute Gasteiger partial charge is 0.146 e. The fourth-order valence-electron chi connectivity index (χ4n) is 2.93. The van der Waals surface area contributed by atoms with Gasteiger partial charge in [-0.2, -0.15) is 0 Å². The second-order valence-corrected chi connectivity index (χ2v) is 7.05. The van der Waals surface area contributed by atoms with Crippen LogP contribution in [0.4, 0.5) is 10.1 Å². The third-order valence-corrected chi connectivity index (χ3v) is 4.66. The Morgan fingerprint density at radius 1 is 1.25 bits per heavy atom. The highest BCUT2D eigenvalue weighted by molar-refractivity contribution is 5.55. The maximum Gasteiger partial charge on any atom is 0.146 e. The van der Waals surface area contributed by atoms with E-state index in [1.807, 2.05) is 6.07 Å². The minimum Gasteiger partial charge on any atom is -0.369 e. The minimum absolute atomic E-state index is 0.0696. The average molecular weight is 276 g/mol. The van der Waals surface area contributed by atoms with Gasteiger partial charge in [-0.05, 0) is 42.7 Å². The molecular formula is C17H25FN2. The van der Waals surface area contributed by atoms with E-state index in [1.165, 1.54) is 12.8 Å². The third kappa shape index (κ3) is 3.14. The first-order chi connectivity index (χ1) is 9.55. The molecule has 1 aliphatic carbocycles. The van der Waals surface area contributed by atoms with Crippen molar-refractivity contribution in [1.29, 1.82) is 0 Å². The maximum atomic E-state index is 14.3. The quantitative estimate of drug-likeness (QED) is 0.902. The summed E-state index contributed by atoms with van der Waals surface area (Å²) in [5, 5.41) is 3.50. The van der Waals surface area contributed by atoms with Crippen molar-refractivity contribution >= 4 is 5.69 Å². The summed E-state index contributed by atoms with van der Waals surface area (Å²) in [5.74, 6) is -0.0696. The van der Waals surface area contributed by atoms with E-state index in [-0.39, 0.29) is 5.82 Å². The Labute approximate surface area is 121 Å². The highest BCUT2D eigenvalue weighted by Gasteiger charge is 2.28. The standard InChI is InChI=1S/C17H25FN2/c1-17(2)8-10-20(11-9-17)16-13(4-3-5-15(16)18)12-19-14-6-7-14/h3-5,14,19H,6-12H2,1-2H3. The summed E-state index contributed by atoms with van der Waals surface area (Å²) < 4.78 is 14.3. The summed E-state index contributed by atoms with van der Waals surface area (Å²) in [7, 11) is 0. The molecule has 0 atom stereocenters. The lowest BCUT2D eigenvalue weighted by Crippen LogP contribution is -2.38. The van der Waals surface area contributed by atoms with Crippen LogP contribution >= 0.6 is 0 Å². The number of nitrogens with zero attached hydrogens (tertiary/aromatic N) is 1. The molecule has 1 saturated heterocycles. The normalized spacial score (nSPS) is 22.1. The Morgan fingerprint density at radius 2 is 1.95 bits per heavy atom. The zero-order chi connectivity index (χ0) is 14.2. The summed E-state index contributed by atoms with van der Waals surface area (Å²) >= 11 is 0. The van der Waals surface area contributed by atoms with Gasteiger partial charge < -0.3 is 10.2 Å². The van der Waals surface area contributed by atoms with Crippen LogP contribution in [0.5, 0.6) is 0 Å². The lowest BCUT2D eigenvalue weighted by atomic mass is 9.82. The molecule has 1 heterocycles. The fraction of sp³-hybridized carbons (Fsp3) is 0.647. The van der Waals surface area contributed by atoms with Crippen LogP contribution in [0.15, 0.2) is 18.2 Å². The Kier molecular flexibility index (Phi) is 3.72. The highest BCUT2D eigenvalue weighted by Crippen LogP contribution is 2.34. The van der Waals surface area contributed by atoms with Gasteiger partial charge in [0.15, 0.2) is 0 Å². The predicted octanol–water partition coefficient (Wildman–Crippen LogP) is 3.70. The number of hydrogen-bond donors (Lipinski definition) is 1. The molecule has 2 fully saturated rings. The molecule has 1 saturated carbocycles. The number of rotatable bonds is 4. The lowest BCUT2D eigenvalue weighted by molar-refractivity contribution is 0.278. The van der Waals surface area contributed by atoms with Crippen LogP contribution < -0.4 is 10.2 Å². The average Bonchev–Trinajstić information content (AvgIpc) is 3.21. The Morgan fingerprint density at radius 3 is 2.60 bits per heavy atom. The van der Waals surface area contributed by atoms with E-state index in [9.17, 15) is 4.39 Å². The zero-order valence-corrected chi connectivity index (χ0v) is 12.6. The predicted molar refractivity (Wildman–Crippen MR) is 81.5 cm³/mol. The van der Waals surface area contributed by atoms with Gasteiger partial charge in [-0.25, -0.2) is 4.39 Å². The van der Waals surface area contributed by atoms with E-state index in [0.717, 1.165) is 43.7 Å². The second-order valence-electron chi connectivity index (χ2n) is 7.05. The number of benzene rings is 1. The van der Waals surface area contributed by atoms with Gasteiger partial charge in [0.1, 0.15) is 5.82 Å². The summed E-state index contributed by atoms with van der Waals surface area (Å²) in [6.45, 7) is 7.33. The molecule has 1 aliphatic heterocycles. The topological polar surface area (TPSA) is 15.3 Å². The molecule has 0 aromatic heterocycles. The van der Waals surface area contributed by atoms with Crippen molar-refractivity contribution in [2.75, 3.05) is 18.0 Å². The van der Waals surface area contributed by atoms with E-state index < -0.39 is 0 Å². The van der Waals surface area contributed by atoms with Crippen molar-refractivity contribution in [3.8, 4) is 0 Å². The number of nitrogens with one attached hydrogen (secondary N) is 1. The molecule has 0 bridgehead atoms. The molecule has 2 aliphatic rings. The van der Waals surface area contributed by atoms with Crippen LogP contribution in [0.25, 0.3) is 0 Å². The number of anilines is 1. The van der Waals surface area contributed by atoms with Gasteiger partial charge in [-0.15, -0.1) is 0 Å². The number of halogens is 1. The highest BCUT2D eigenvalue weighted by atomic mass is 19.1. The molecule has 3 heteroatoms. The van der Waals surface area contributed by atoms with Crippen LogP contribution in [0, 0.1) is 11.2 Å². The van der Waals surface area contributed by atoms with Crippen LogP contribution in [0.1, 0.15) is 45.1 Å². The molecule has 0 amide bonds. The van der Waals surface area contributed by atoms with Crippen molar-refractivity contribution in [3.63, 3.8) is 0 Å². The van der Waals surface area contributed by atoms with E-state index in [2.05, 4.69) is 30.1 Å². The molecule has 1 aromatic rings. The van der Waals surface area contributed by atoms with E-state index in [0.29, 0.717) is 11.5 Å². The van der Waals surface area contributed by atoms with E-state index in [4.69, 9.17) is 0 Å². The SMILES string of the molecule is CC1(C)CCN(c2c(F)cccc2CNC2CC2)CC1. The largest absolute Gasteiger partial charge is 0.369 e. The molecule has 3 rings (SSSR count). The van der Waals surface area contributed by atoms with Crippen molar-refractivity contribution in [2.45, 2.75) is 52.1 Å². The van der Waals surface area contributed by atoms with Gasteiger partial charge in [0, 0.05) is 25.7 Å². The van der Waals surface area contributed by atoms with Crippen molar-refractivity contribution in [2.24, 2.45) is 5.41 Å². The summed E-state index contributed by atoms with van der Waals surface area (Å²) in [6, 6.07) is 6.14. The first kappa shape index (κ1) is 13.9. The van der Waals surface area contributed by atoms with Gasteiger partial charge in [-0.3, -0.25) is 0 Å². The number of para-hydroxylation sites is 1. The van der Waals surface area contributed by atoms with Gasteiger partial charge in [-0.1, -0.05) is 26.0 Å². The fourth-order valence-corrected chi connectivity index (χ4v) is 2.93. The molecule has 0 unspecified atom stereocenters. The number of hydrogen-bond acceptors (Lipinski definition) is 2. The van der Waals surface area contributed by atoms with Crippen LogP contribution in [0.3, 0.4) is 0 Å². The Balaban J connectivity index is 1.76. The summed E-state index contributed by atoms with van der Waals surface area (Å²) in [6.07, 6.45) is 4.80. The van der Waals surface area contributed by atoms with Crippen LogP contribution in [-0.4, -0.2) is 19.1 Å². The molecule has 20 heavy (non-hydrogen) atoms. The molecule has 1 N–H and O–H groups in total. The summed E-state index contributed by atoms with van der Waals surface area (Å²) in [4.78, 5) is 2.24. The van der Waals surface area contributed by atoms with E-state index in [1.54, 1.807) is 6.07 Å². The van der Waals surface area contributed by atoms with Gasteiger partial charge in [0.05, 0.1) is 5.69 Å². The minimum atomic E-state index is -0.0696. The summed E-state index contributed by atoms with van der Waals surface area (Å²) in [5.41, 5.74) is 2.33. The molecule has 110 valence electrons. The van der Waals surface area contributed by atoms with Gasteiger partial charge >= 0.3 is 0 Å². The molecule has 0 spiro atoms. The monoisotopic (exact) mass is 276 g/mol. The zero-order valence-electron chi connectivity index (χ0n) is 12.6. The van der Waals surface area contributed by atoms with Crippen molar-refractivity contribution in [1.82, 2.24) is 5.32 Å². The number of piperidine rings is 1. The van der Waals surface area contributed by atoms with Crippen molar-refractivity contribution in [3.05, 3.63) is 29.6 Å². The Bertz CT molecular complexity index is 470. The molecule has 2 nitrogen and oxygen atoms in total. The third-order valence-electron chi connectivity index (χ3n) is 4.66. The lowest BCUT2D eigenvalue weighted by Gasteiger charge is -2.39. The van der Waals surface area contributed by atoms with Gasteiger partial charge in [0.25, 0.3) is 0 Å². The molecule has 0 radical (unpaired) electrons. The second kappa shape index (κ2) is 5.36. The maximum absolute atomic E-state index is 14.3. The molecule has 1 aromatic carbocycles. The van der Waals surface area contributed by atoms with Crippen LogP contribution in [0.2, 0.25) is 0 Å². The Hall–Kier alpha value is -1.09. The molecular weight excluding hydrogens is 251 g/mol. The van der Waals surface area contributed by atoms with Gasteiger partial charge in [0.2, 0.25) is 0 Å².